The standard InChI is InChI=1S/C31H22F5N7O2S/c32-21-5-2-6-22(33)24(21)27(44)39-19-4-1-3-17(13-19)25-26(46-29(37)42-25)23-9-11-38-30(41-23)40-20-8-7-16-10-12-43(15-18(16)14-20)28(45)31(34,35)36/h1-9,11,13-14H,10,12,15H2,(H2,37,42)(H,39,44)(H,38,40,41). The van der Waals surface area contributed by atoms with Gasteiger partial charge in [0.15, 0.2) is 5.13 Å². The fraction of sp³-hybridized carbons (Fsp3) is 0.129. The van der Waals surface area contributed by atoms with E-state index in [-0.39, 0.29) is 29.9 Å². The number of nitrogens with one attached hydrogen (secondary N) is 2. The number of rotatable bonds is 6. The van der Waals surface area contributed by atoms with Crippen LogP contribution in [0.5, 0.6) is 0 Å². The van der Waals surface area contributed by atoms with Crippen molar-refractivity contribution in [2.45, 2.75) is 19.1 Å². The Hall–Kier alpha value is -5.44. The minimum atomic E-state index is -4.95. The molecule has 5 aromatic rings. The summed E-state index contributed by atoms with van der Waals surface area (Å²) in [6.07, 6.45) is -3.15. The summed E-state index contributed by atoms with van der Waals surface area (Å²) in [4.78, 5) is 39.0. The van der Waals surface area contributed by atoms with Crippen LogP contribution in [0.25, 0.3) is 21.8 Å². The number of nitrogen functional groups attached to an aromatic ring is 1. The van der Waals surface area contributed by atoms with E-state index in [1.165, 1.54) is 6.20 Å². The predicted molar refractivity (Wildman–Crippen MR) is 162 cm³/mol. The van der Waals surface area contributed by atoms with E-state index in [4.69, 9.17) is 5.73 Å². The summed E-state index contributed by atoms with van der Waals surface area (Å²) in [5, 5.41) is 5.79. The van der Waals surface area contributed by atoms with Crippen LogP contribution in [0, 0.1) is 11.6 Å². The first-order valence-electron chi connectivity index (χ1n) is 13.7. The highest BCUT2D eigenvalue weighted by molar-refractivity contribution is 7.19. The SMILES string of the molecule is Nc1nc(-c2cccc(NC(=O)c3c(F)cccc3F)c2)c(-c2ccnc(Nc3ccc4c(c3)CN(C(=O)C(F)(F)F)CC4)n2)s1. The first-order chi connectivity index (χ1) is 22.0. The molecule has 0 unspecified atom stereocenters. The molecule has 3 heterocycles. The van der Waals surface area contributed by atoms with E-state index in [0.717, 1.165) is 40.0 Å². The summed E-state index contributed by atoms with van der Waals surface area (Å²) in [7, 11) is 0. The molecule has 0 bridgehead atoms. The number of amides is 2. The average Bonchev–Trinajstić information content (AvgIpc) is 3.42. The number of nitrogens with zero attached hydrogens (tertiary/aromatic N) is 4. The lowest BCUT2D eigenvalue weighted by Crippen LogP contribution is -2.43. The first-order valence-corrected chi connectivity index (χ1v) is 14.5. The number of alkyl halides is 3. The second-order valence-corrected chi connectivity index (χ2v) is 11.2. The van der Waals surface area contributed by atoms with Crippen LogP contribution >= 0.6 is 11.3 Å². The number of aromatic nitrogens is 3. The molecule has 0 spiro atoms. The van der Waals surface area contributed by atoms with Crippen molar-refractivity contribution < 1.29 is 31.5 Å². The van der Waals surface area contributed by atoms with Crippen molar-refractivity contribution in [2.75, 3.05) is 22.9 Å². The molecule has 0 aliphatic carbocycles. The maximum absolute atomic E-state index is 14.1. The Kier molecular flexibility index (Phi) is 8.08. The Morgan fingerprint density at radius 2 is 1.67 bits per heavy atom. The zero-order chi connectivity index (χ0) is 32.6. The van der Waals surface area contributed by atoms with Crippen molar-refractivity contribution in [3.63, 3.8) is 0 Å². The normalized spacial score (nSPS) is 12.8. The van der Waals surface area contributed by atoms with Crippen LogP contribution in [0.4, 0.5) is 44.4 Å². The summed E-state index contributed by atoms with van der Waals surface area (Å²) in [6, 6.07) is 16.5. The van der Waals surface area contributed by atoms with Crippen molar-refractivity contribution in [3.05, 3.63) is 101 Å². The molecule has 2 amide bonds. The van der Waals surface area contributed by atoms with E-state index in [1.54, 1.807) is 48.5 Å². The Morgan fingerprint density at radius 3 is 2.43 bits per heavy atom. The van der Waals surface area contributed by atoms with Crippen molar-refractivity contribution in [1.82, 2.24) is 19.9 Å². The zero-order valence-corrected chi connectivity index (χ0v) is 24.3. The van der Waals surface area contributed by atoms with E-state index >= 15 is 0 Å². The quantitative estimate of drug-likeness (QED) is 0.177. The van der Waals surface area contributed by atoms with Crippen molar-refractivity contribution >= 4 is 45.6 Å². The summed E-state index contributed by atoms with van der Waals surface area (Å²) in [5.74, 6) is -4.64. The minimum Gasteiger partial charge on any atom is -0.375 e. The second-order valence-electron chi connectivity index (χ2n) is 10.2. The highest BCUT2D eigenvalue weighted by Crippen LogP contribution is 2.38. The number of nitrogens with two attached hydrogens (primary N) is 1. The van der Waals surface area contributed by atoms with Gasteiger partial charge in [0.1, 0.15) is 17.2 Å². The Morgan fingerprint density at radius 1 is 0.913 bits per heavy atom. The third kappa shape index (κ3) is 6.35. The van der Waals surface area contributed by atoms with Gasteiger partial charge in [-0.05, 0) is 60.0 Å². The van der Waals surface area contributed by atoms with E-state index in [2.05, 4.69) is 25.6 Å². The number of fused-ring (bicyclic) bond motifs is 1. The first kappa shape index (κ1) is 30.6. The Balaban J connectivity index is 1.24. The van der Waals surface area contributed by atoms with Crippen LogP contribution < -0.4 is 16.4 Å². The highest BCUT2D eigenvalue weighted by atomic mass is 32.1. The fourth-order valence-electron chi connectivity index (χ4n) is 5.02. The molecule has 3 aromatic carbocycles. The summed E-state index contributed by atoms with van der Waals surface area (Å²) < 4.78 is 67.2. The molecule has 234 valence electrons. The number of benzene rings is 3. The van der Waals surface area contributed by atoms with Gasteiger partial charge in [-0.1, -0.05) is 35.6 Å². The molecule has 1 aliphatic rings. The molecule has 6 rings (SSSR count). The number of hydrogen-bond acceptors (Lipinski definition) is 8. The van der Waals surface area contributed by atoms with Crippen LogP contribution in [0.3, 0.4) is 0 Å². The lowest BCUT2D eigenvalue weighted by atomic mass is 9.99. The molecule has 9 nitrogen and oxygen atoms in total. The van der Waals surface area contributed by atoms with Gasteiger partial charge in [-0.25, -0.2) is 23.7 Å². The molecule has 0 atom stereocenters. The van der Waals surface area contributed by atoms with E-state index in [1.807, 2.05) is 0 Å². The molecule has 46 heavy (non-hydrogen) atoms. The average molecular weight is 652 g/mol. The molecule has 1 aliphatic heterocycles. The molecule has 15 heteroatoms. The van der Waals surface area contributed by atoms with E-state index in [9.17, 15) is 31.5 Å². The summed E-state index contributed by atoms with van der Waals surface area (Å²) >= 11 is 1.15. The fourth-order valence-corrected chi connectivity index (χ4v) is 5.84. The molecule has 0 fully saturated rings. The van der Waals surface area contributed by atoms with Gasteiger partial charge in [-0.3, -0.25) is 9.59 Å². The molecule has 0 saturated carbocycles. The number of carbonyl (C=O) groups excluding carboxylic acids is 2. The maximum atomic E-state index is 14.1. The van der Waals surface area contributed by atoms with Crippen LogP contribution in [0.2, 0.25) is 0 Å². The highest BCUT2D eigenvalue weighted by Gasteiger charge is 2.43. The molecule has 4 N–H and O–H groups in total. The van der Waals surface area contributed by atoms with Crippen LogP contribution in [-0.2, 0) is 17.8 Å². The van der Waals surface area contributed by atoms with Crippen molar-refractivity contribution in [1.29, 1.82) is 0 Å². The van der Waals surface area contributed by atoms with Crippen LogP contribution in [-0.4, -0.2) is 44.4 Å². The van der Waals surface area contributed by atoms with Gasteiger partial charge in [-0.15, -0.1) is 0 Å². The van der Waals surface area contributed by atoms with Crippen LogP contribution in [0.15, 0.2) is 72.9 Å². The zero-order valence-electron chi connectivity index (χ0n) is 23.5. The second kappa shape index (κ2) is 12.2. The van der Waals surface area contributed by atoms with Gasteiger partial charge in [0.2, 0.25) is 5.95 Å². The molecular weight excluding hydrogens is 629 g/mol. The van der Waals surface area contributed by atoms with E-state index < -0.39 is 35.2 Å². The van der Waals surface area contributed by atoms with E-state index in [0.29, 0.717) is 39.5 Å². The number of anilines is 4. The third-order valence-electron chi connectivity index (χ3n) is 7.12. The Bertz CT molecular complexity index is 1960. The monoisotopic (exact) mass is 651 g/mol. The minimum absolute atomic E-state index is 0.0248. The van der Waals surface area contributed by atoms with Gasteiger partial charge in [-0.2, -0.15) is 13.2 Å². The van der Waals surface area contributed by atoms with Gasteiger partial charge in [0, 0.05) is 36.2 Å². The smallest absolute Gasteiger partial charge is 0.375 e. The van der Waals surface area contributed by atoms with Gasteiger partial charge < -0.3 is 21.3 Å². The lowest BCUT2D eigenvalue weighted by molar-refractivity contribution is -0.186. The van der Waals surface area contributed by atoms with Crippen molar-refractivity contribution in [2.24, 2.45) is 0 Å². The third-order valence-corrected chi connectivity index (χ3v) is 8.03. The van der Waals surface area contributed by atoms with Gasteiger partial charge in [0.05, 0.1) is 16.3 Å². The number of thiazole rings is 1. The van der Waals surface area contributed by atoms with Gasteiger partial charge in [0.25, 0.3) is 5.91 Å². The van der Waals surface area contributed by atoms with Crippen LogP contribution in [0.1, 0.15) is 21.5 Å². The molecule has 0 radical (unpaired) electrons. The van der Waals surface area contributed by atoms with Crippen molar-refractivity contribution in [3.8, 4) is 21.8 Å². The number of carbonyl (C=O) groups is 2. The topological polar surface area (TPSA) is 126 Å². The summed E-state index contributed by atoms with van der Waals surface area (Å²) in [5.41, 5.74) is 8.96. The number of hydrogen-bond donors (Lipinski definition) is 3. The molecular formula is C31H22F5N7O2S. The molecule has 2 aromatic heterocycles. The van der Waals surface area contributed by atoms with Gasteiger partial charge >= 0.3 is 12.1 Å². The molecule has 0 saturated heterocycles. The summed E-state index contributed by atoms with van der Waals surface area (Å²) in [6.45, 7) is -0.203. The number of halogens is 5. The maximum Gasteiger partial charge on any atom is 0.471 e. The predicted octanol–water partition coefficient (Wildman–Crippen LogP) is 6.57. The largest absolute Gasteiger partial charge is 0.471 e. The Labute approximate surface area is 261 Å². The lowest BCUT2D eigenvalue weighted by Gasteiger charge is -2.29.